The van der Waals surface area contributed by atoms with E-state index in [0.717, 1.165) is 31.2 Å². The molecule has 0 amide bonds. The Balaban J connectivity index is 2.70. The monoisotopic (exact) mass is 248 g/mol. The van der Waals surface area contributed by atoms with E-state index in [2.05, 4.69) is 6.92 Å². The fraction of sp³-hybridized carbons (Fsp3) is 0.467. The molecule has 1 rings (SSSR count). The molecular formula is C15H20O3. The molecule has 0 fully saturated rings. The number of aliphatic carboxylic acids is 1. The van der Waals surface area contributed by atoms with Gasteiger partial charge in [0.2, 0.25) is 5.78 Å². The van der Waals surface area contributed by atoms with Crippen LogP contribution in [0.15, 0.2) is 30.3 Å². The molecule has 98 valence electrons. The third kappa shape index (κ3) is 4.32. The molecule has 1 atom stereocenters. The maximum absolute atomic E-state index is 11.7. The highest BCUT2D eigenvalue weighted by Gasteiger charge is 2.25. The number of carbonyl (C=O) groups excluding carboxylic acids is 1. The molecule has 3 heteroatoms. The third-order valence-corrected chi connectivity index (χ3v) is 3.08. The van der Waals surface area contributed by atoms with Gasteiger partial charge in [0.15, 0.2) is 0 Å². The Morgan fingerprint density at radius 1 is 1.11 bits per heavy atom. The van der Waals surface area contributed by atoms with Crippen molar-refractivity contribution in [2.45, 2.75) is 44.9 Å². The molecule has 1 unspecified atom stereocenters. The smallest absolute Gasteiger partial charge is 0.372 e. The molecule has 0 radical (unpaired) electrons. The number of hydrogen-bond acceptors (Lipinski definition) is 2. The van der Waals surface area contributed by atoms with Crippen molar-refractivity contribution >= 4 is 11.8 Å². The van der Waals surface area contributed by atoms with E-state index >= 15 is 0 Å². The minimum atomic E-state index is -1.33. The third-order valence-electron chi connectivity index (χ3n) is 3.08. The maximum atomic E-state index is 11.7. The predicted octanol–water partition coefficient (Wildman–Crippen LogP) is 3.39. The number of rotatable bonds is 8. The summed E-state index contributed by atoms with van der Waals surface area (Å²) >= 11 is 0. The van der Waals surface area contributed by atoms with Crippen molar-refractivity contribution in [2.75, 3.05) is 0 Å². The van der Waals surface area contributed by atoms with Gasteiger partial charge in [0, 0.05) is 0 Å². The Morgan fingerprint density at radius 2 is 1.78 bits per heavy atom. The first-order valence-corrected chi connectivity index (χ1v) is 6.49. The first-order chi connectivity index (χ1) is 8.66. The van der Waals surface area contributed by atoms with Crippen LogP contribution in [0, 0.1) is 0 Å². The van der Waals surface area contributed by atoms with E-state index in [0.29, 0.717) is 6.42 Å². The van der Waals surface area contributed by atoms with E-state index in [9.17, 15) is 9.59 Å². The molecule has 1 N–H and O–H groups in total. The van der Waals surface area contributed by atoms with Crippen LogP contribution < -0.4 is 0 Å². The van der Waals surface area contributed by atoms with Gasteiger partial charge in [0.25, 0.3) is 0 Å². The van der Waals surface area contributed by atoms with Crippen LogP contribution in [0.3, 0.4) is 0 Å². The van der Waals surface area contributed by atoms with Gasteiger partial charge in [0.05, 0.1) is 5.92 Å². The first kappa shape index (κ1) is 14.4. The number of carbonyl (C=O) groups is 2. The largest absolute Gasteiger partial charge is 0.475 e. The average molecular weight is 248 g/mol. The van der Waals surface area contributed by atoms with E-state index in [1.165, 1.54) is 0 Å². The molecule has 1 aromatic carbocycles. The molecule has 0 bridgehead atoms. The molecule has 0 aliphatic carbocycles. The lowest BCUT2D eigenvalue weighted by Gasteiger charge is -2.13. The minimum absolute atomic E-state index is 0.499. The zero-order valence-corrected chi connectivity index (χ0v) is 10.8. The molecule has 0 aromatic heterocycles. The van der Waals surface area contributed by atoms with Gasteiger partial charge in [0.1, 0.15) is 0 Å². The fourth-order valence-corrected chi connectivity index (χ4v) is 2.06. The number of carboxylic acids is 1. The second-order valence-corrected chi connectivity index (χ2v) is 4.48. The van der Waals surface area contributed by atoms with Gasteiger partial charge in [-0.1, -0.05) is 62.9 Å². The number of carboxylic acid groups (broad SMARTS) is 1. The van der Waals surface area contributed by atoms with Gasteiger partial charge in [-0.2, -0.15) is 0 Å². The van der Waals surface area contributed by atoms with Crippen LogP contribution in [0.1, 0.15) is 50.5 Å². The van der Waals surface area contributed by atoms with E-state index in [1.54, 1.807) is 0 Å². The van der Waals surface area contributed by atoms with Gasteiger partial charge in [-0.3, -0.25) is 4.79 Å². The normalized spacial score (nSPS) is 12.1. The van der Waals surface area contributed by atoms with Crippen molar-refractivity contribution in [3.8, 4) is 0 Å². The van der Waals surface area contributed by atoms with Crippen LogP contribution in [0.2, 0.25) is 0 Å². The first-order valence-electron chi connectivity index (χ1n) is 6.49. The molecule has 0 saturated heterocycles. The summed E-state index contributed by atoms with van der Waals surface area (Å²) in [5.41, 5.74) is 0.807. The lowest BCUT2D eigenvalue weighted by molar-refractivity contribution is -0.149. The summed E-state index contributed by atoms with van der Waals surface area (Å²) in [4.78, 5) is 22.6. The Labute approximate surface area is 108 Å². The predicted molar refractivity (Wildman–Crippen MR) is 70.6 cm³/mol. The van der Waals surface area contributed by atoms with Gasteiger partial charge >= 0.3 is 5.97 Å². The summed E-state index contributed by atoms with van der Waals surface area (Å²) in [6.45, 7) is 2.12. The molecule has 1 aromatic rings. The number of Topliss-reactive ketones (excluding diaryl/α,β-unsaturated/α-hetero) is 1. The fourth-order valence-electron chi connectivity index (χ4n) is 2.06. The molecule has 0 heterocycles. The summed E-state index contributed by atoms with van der Waals surface area (Å²) in [6, 6.07) is 9.19. The summed E-state index contributed by atoms with van der Waals surface area (Å²) in [7, 11) is 0. The number of unbranched alkanes of at least 4 members (excludes halogenated alkanes) is 3. The second-order valence-electron chi connectivity index (χ2n) is 4.48. The van der Waals surface area contributed by atoms with Gasteiger partial charge in [-0.15, -0.1) is 0 Å². The number of benzene rings is 1. The van der Waals surface area contributed by atoms with Crippen molar-refractivity contribution in [1.82, 2.24) is 0 Å². The highest BCUT2D eigenvalue weighted by molar-refractivity contribution is 6.34. The summed E-state index contributed by atoms with van der Waals surface area (Å²) in [5, 5.41) is 8.87. The zero-order valence-electron chi connectivity index (χ0n) is 10.8. The van der Waals surface area contributed by atoms with E-state index in [4.69, 9.17) is 5.11 Å². The Bertz CT molecular complexity index is 384. The van der Waals surface area contributed by atoms with E-state index in [1.807, 2.05) is 30.3 Å². The average Bonchev–Trinajstić information content (AvgIpc) is 2.39. The summed E-state index contributed by atoms with van der Waals surface area (Å²) in [5.74, 6) is -2.53. The van der Waals surface area contributed by atoms with Crippen molar-refractivity contribution in [3.05, 3.63) is 35.9 Å². The van der Waals surface area contributed by atoms with Gasteiger partial charge < -0.3 is 5.11 Å². The molecule has 18 heavy (non-hydrogen) atoms. The Morgan fingerprint density at radius 3 is 2.33 bits per heavy atom. The highest BCUT2D eigenvalue weighted by atomic mass is 16.4. The van der Waals surface area contributed by atoms with Crippen LogP contribution in [0.25, 0.3) is 0 Å². The van der Waals surface area contributed by atoms with Crippen LogP contribution in [-0.4, -0.2) is 16.9 Å². The lowest BCUT2D eigenvalue weighted by Crippen LogP contribution is -2.21. The SMILES string of the molecule is CCCCCCC(C(=O)C(=O)O)c1ccccc1. The van der Waals surface area contributed by atoms with Gasteiger partial charge in [-0.05, 0) is 12.0 Å². The zero-order chi connectivity index (χ0) is 13.4. The molecule has 0 saturated carbocycles. The highest BCUT2D eigenvalue weighted by Crippen LogP contribution is 2.23. The number of ketones is 1. The van der Waals surface area contributed by atoms with Crippen LogP contribution in [-0.2, 0) is 9.59 Å². The topological polar surface area (TPSA) is 54.4 Å². The molecule has 0 aliphatic heterocycles. The van der Waals surface area contributed by atoms with E-state index in [-0.39, 0.29) is 0 Å². The van der Waals surface area contributed by atoms with Gasteiger partial charge in [-0.25, -0.2) is 4.79 Å². The Hall–Kier alpha value is -1.64. The van der Waals surface area contributed by atoms with Crippen molar-refractivity contribution in [3.63, 3.8) is 0 Å². The van der Waals surface area contributed by atoms with Crippen LogP contribution in [0.5, 0.6) is 0 Å². The van der Waals surface area contributed by atoms with Crippen molar-refractivity contribution in [2.24, 2.45) is 0 Å². The quantitative estimate of drug-likeness (QED) is 0.566. The Kier molecular flexibility index (Phi) is 6.12. The van der Waals surface area contributed by atoms with E-state index < -0.39 is 17.7 Å². The van der Waals surface area contributed by atoms with Crippen LogP contribution >= 0.6 is 0 Å². The van der Waals surface area contributed by atoms with Crippen LogP contribution in [0.4, 0.5) is 0 Å². The number of hydrogen-bond donors (Lipinski definition) is 1. The van der Waals surface area contributed by atoms with Crippen molar-refractivity contribution < 1.29 is 14.7 Å². The van der Waals surface area contributed by atoms with Crippen molar-refractivity contribution in [1.29, 1.82) is 0 Å². The molecule has 3 nitrogen and oxygen atoms in total. The standard InChI is InChI=1S/C15H20O3/c1-2-3-4-8-11-13(14(16)15(17)18)12-9-6-5-7-10-12/h5-7,9-10,13H,2-4,8,11H2,1H3,(H,17,18). The lowest BCUT2D eigenvalue weighted by atomic mass is 9.89. The summed E-state index contributed by atoms with van der Waals surface area (Å²) in [6.07, 6.45) is 4.82. The second kappa shape index (κ2) is 7.64. The molecular weight excluding hydrogens is 228 g/mol. The maximum Gasteiger partial charge on any atom is 0.372 e. The molecule has 0 aliphatic rings. The minimum Gasteiger partial charge on any atom is -0.475 e. The molecule has 0 spiro atoms. The summed E-state index contributed by atoms with van der Waals surface area (Å²) < 4.78 is 0.